The van der Waals surface area contributed by atoms with Gasteiger partial charge in [-0.15, -0.1) is 0 Å². The quantitative estimate of drug-likeness (QED) is 0.865. The lowest BCUT2D eigenvalue weighted by Gasteiger charge is -2.36. The second kappa shape index (κ2) is 6.13. The van der Waals surface area contributed by atoms with Gasteiger partial charge in [0.05, 0.1) is 11.0 Å². The lowest BCUT2D eigenvalue weighted by atomic mass is 9.79. The molecule has 19 heavy (non-hydrogen) atoms. The average molecular weight is 287 g/mol. The van der Waals surface area contributed by atoms with Crippen molar-refractivity contribution in [3.05, 3.63) is 0 Å². The second-order valence-electron chi connectivity index (χ2n) is 7.00. The van der Waals surface area contributed by atoms with Crippen LogP contribution >= 0.6 is 0 Å². The highest BCUT2D eigenvalue weighted by atomic mass is 32.2. The summed E-state index contributed by atoms with van der Waals surface area (Å²) in [5.41, 5.74) is 6.12. The van der Waals surface area contributed by atoms with Crippen molar-refractivity contribution in [2.45, 2.75) is 70.1 Å². The Hall–Kier alpha value is -0.0900. The molecule has 0 spiro atoms. The molecule has 0 aromatic carbocycles. The monoisotopic (exact) mass is 287 g/mol. The van der Waals surface area contributed by atoms with Gasteiger partial charge < -0.3 is 5.73 Å². The molecule has 2 aliphatic carbocycles. The van der Waals surface area contributed by atoms with Crippen molar-refractivity contribution in [2.75, 3.05) is 5.75 Å². The summed E-state index contributed by atoms with van der Waals surface area (Å²) in [7, 11) is -3.01. The van der Waals surface area contributed by atoms with Gasteiger partial charge in [0.1, 0.15) is 0 Å². The number of nitrogens with two attached hydrogens (primary N) is 1. The summed E-state index contributed by atoms with van der Waals surface area (Å²) in [4.78, 5) is 0. The standard InChI is InChI=1S/C15H29NO2S/c1-11(2)13-7-8-14(16)15(9-13)19(17,18)10-12-5-3-4-6-12/h11-15H,3-10,16H2,1-2H3. The Labute approximate surface area is 118 Å². The van der Waals surface area contributed by atoms with Gasteiger partial charge in [0, 0.05) is 6.04 Å². The first-order chi connectivity index (χ1) is 8.90. The van der Waals surface area contributed by atoms with Crippen molar-refractivity contribution in [1.29, 1.82) is 0 Å². The summed E-state index contributed by atoms with van der Waals surface area (Å²) in [6.07, 6.45) is 7.33. The molecule has 0 radical (unpaired) electrons. The molecule has 0 amide bonds. The Morgan fingerprint density at radius 2 is 1.74 bits per heavy atom. The third kappa shape index (κ3) is 3.72. The molecule has 3 unspecified atom stereocenters. The normalized spacial score (nSPS) is 34.0. The van der Waals surface area contributed by atoms with Gasteiger partial charge in [-0.05, 0) is 49.9 Å². The van der Waals surface area contributed by atoms with E-state index in [0.29, 0.717) is 23.5 Å². The summed E-state index contributed by atoms with van der Waals surface area (Å²) in [6.45, 7) is 4.39. The van der Waals surface area contributed by atoms with E-state index in [2.05, 4.69) is 13.8 Å². The molecule has 4 heteroatoms. The van der Waals surface area contributed by atoms with Crippen LogP contribution in [0.25, 0.3) is 0 Å². The van der Waals surface area contributed by atoms with Crippen molar-refractivity contribution in [3.8, 4) is 0 Å². The molecule has 0 aromatic rings. The van der Waals surface area contributed by atoms with Crippen LogP contribution in [0.3, 0.4) is 0 Å². The number of hydrogen-bond acceptors (Lipinski definition) is 3. The van der Waals surface area contributed by atoms with Gasteiger partial charge >= 0.3 is 0 Å². The molecule has 2 aliphatic rings. The van der Waals surface area contributed by atoms with Crippen molar-refractivity contribution in [2.24, 2.45) is 23.5 Å². The van der Waals surface area contributed by atoms with E-state index >= 15 is 0 Å². The SMILES string of the molecule is CC(C)C1CCC(N)C(S(=O)(=O)CC2CCCC2)C1. The summed E-state index contributed by atoms with van der Waals surface area (Å²) in [5, 5.41) is -0.283. The van der Waals surface area contributed by atoms with E-state index in [0.717, 1.165) is 32.1 Å². The molecule has 3 atom stereocenters. The highest BCUT2D eigenvalue weighted by Crippen LogP contribution is 2.35. The highest BCUT2D eigenvalue weighted by Gasteiger charge is 2.39. The number of rotatable bonds is 4. The molecule has 0 aliphatic heterocycles. The maximum atomic E-state index is 12.6. The smallest absolute Gasteiger partial charge is 0.154 e. The van der Waals surface area contributed by atoms with Crippen LogP contribution in [0.2, 0.25) is 0 Å². The summed E-state index contributed by atoms with van der Waals surface area (Å²) in [5.74, 6) is 1.88. The molecule has 0 bridgehead atoms. The fourth-order valence-corrected chi connectivity index (χ4v) is 6.28. The van der Waals surface area contributed by atoms with E-state index in [1.165, 1.54) is 12.8 Å². The van der Waals surface area contributed by atoms with Gasteiger partial charge in [0.15, 0.2) is 9.84 Å². The first-order valence-corrected chi connectivity index (χ1v) is 9.59. The van der Waals surface area contributed by atoms with E-state index in [9.17, 15) is 8.42 Å². The first kappa shape index (κ1) is 15.3. The molecular formula is C15H29NO2S. The predicted octanol–water partition coefficient (Wildman–Crippen LogP) is 2.74. The van der Waals surface area contributed by atoms with Gasteiger partial charge in [-0.3, -0.25) is 0 Å². The van der Waals surface area contributed by atoms with Crippen LogP contribution in [0.15, 0.2) is 0 Å². The topological polar surface area (TPSA) is 60.2 Å². The number of hydrogen-bond donors (Lipinski definition) is 1. The van der Waals surface area contributed by atoms with Crippen LogP contribution in [0.4, 0.5) is 0 Å². The molecule has 0 saturated heterocycles. The minimum absolute atomic E-state index is 0.138. The maximum Gasteiger partial charge on any atom is 0.154 e. The van der Waals surface area contributed by atoms with Gasteiger partial charge in [0.25, 0.3) is 0 Å². The Morgan fingerprint density at radius 3 is 2.32 bits per heavy atom. The minimum atomic E-state index is -3.01. The number of sulfone groups is 1. The van der Waals surface area contributed by atoms with E-state index in [1.54, 1.807) is 0 Å². The largest absolute Gasteiger partial charge is 0.327 e. The maximum absolute atomic E-state index is 12.6. The lowest BCUT2D eigenvalue weighted by molar-refractivity contribution is 0.260. The summed E-state index contributed by atoms with van der Waals surface area (Å²) >= 11 is 0. The van der Waals surface area contributed by atoms with Crippen molar-refractivity contribution < 1.29 is 8.42 Å². The minimum Gasteiger partial charge on any atom is -0.327 e. The molecule has 0 heterocycles. The fourth-order valence-electron chi connectivity index (χ4n) is 3.83. The Kier molecular flexibility index (Phi) is 4.93. The summed E-state index contributed by atoms with van der Waals surface area (Å²) in [6, 6.07) is -0.138. The predicted molar refractivity (Wildman–Crippen MR) is 79.7 cm³/mol. The van der Waals surface area contributed by atoms with Crippen molar-refractivity contribution >= 4 is 9.84 Å². The fraction of sp³-hybridized carbons (Fsp3) is 1.00. The van der Waals surface area contributed by atoms with Gasteiger partial charge in [-0.1, -0.05) is 26.7 Å². The van der Waals surface area contributed by atoms with E-state index in [1.807, 2.05) is 0 Å². The van der Waals surface area contributed by atoms with Crippen LogP contribution in [-0.2, 0) is 9.84 Å². The van der Waals surface area contributed by atoms with Gasteiger partial charge in [0.2, 0.25) is 0 Å². The van der Waals surface area contributed by atoms with Crippen LogP contribution in [0.5, 0.6) is 0 Å². The lowest BCUT2D eigenvalue weighted by Crippen LogP contribution is -2.47. The molecule has 112 valence electrons. The highest BCUT2D eigenvalue weighted by molar-refractivity contribution is 7.92. The summed E-state index contributed by atoms with van der Waals surface area (Å²) < 4.78 is 25.3. The Morgan fingerprint density at radius 1 is 1.11 bits per heavy atom. The molecular weight excluding hydrogens is 258 g/mol. The van der Waals surface area contributed by atoms with E-state index < -0.39 is 9.84 Å². The van der Waals surface area contributed by atoms with Crippen molar-refractivity contribution in [3.63, 3.8) is 0 Å². The van der Waals surface area contributed by atoms with Crippen LogP contribution in [-0.4, -0.2) is 25.5 Å². The van der Waals surface area contributed by atoms with E-state index in [4.69, 9.17) is 5.73 Å². The molecule has 2 N–H and O–H groups in total. The van der Waals surface area contributed by atoms with Crippen LogP contribution < -0.4 is 5.73 Å². The molecule has 2 saturated carbocycles. The van der Waals surface area contributed by atoms with Crippen LogP contribution in [0.1, 0.15) is 58.8 Å². The van der Waals surface area contributed by atoms with Crippen molar-refractivity contribution in [1.82, 2.24) is 0 Å². The zero-order valence-corrected chi connectivity index (χ0v) is 13.2. The molecule has 0 aromatic heterocycles. The van der Waals surface area contributed by atoms with E-state index in [-0.39, 0.29) is 11.3 Å². The third-order valence-corrected chi connectivity index (χ3v) is 7.63. The molecule has 3 nitrogen and oxygen atoms in total. The van der Waals surface area contributed by atoms with Gasteiger partial charge in [-0.25, -0.2) is 8.42 Å². The first-order valence-electron chi connectivity index (χ1n) is 7.87. The molecule has 2 rings (SSSR count). The van der Waals surface area contributed by atoms with Crippen LogP contribution in [0, 0.1) is 17.8 Å². The van der Waals surface area contributed by atoms with Gasteiger partial charge in [-0.2, -0.15) is 0 Å². The Bertz CT molecular complexity index is 385. The zero-order chi connectivity index (χ0) is 14.0. The third-order valence-electron chi connectivity index (χ3n) is 5.23. The Balaban J connectivity index is 2.04. The second-order valence-corrected chi connectivity index (χ2v) is 9.26. The average Bonchev–Trinajstić information content (AvgIpc) is 2.81. The zero-order valence-electron chi connectivity index (χ0n) is 12.3. The molecule has 2 fully saturated rings.